The van der Waals surface area contributed by atoms with E-state index in [9.17, 15) is 4.79 Å². The van der Waals surface area contributed by atoms with Crippen molar-refractivity contribution in [1.29, 1.82) is 0 Å². The summed E-state index contributed by atoms with van der Waals surface area (Å²) in [6, 6.07) is 0. The van der Waals surface area contributed by atoms with Gasteiger partial charge >= 0.3 is 0 Å². The van der Waals surface area contributed by atoms with Crippen LogP contribution in [0.1, 0.15) is 11.3 Å². The van der Waals surface area contributed by atoms with E-state index in [0.29, 0.717) is 19.5 Å². The maximum absolute atomic E-state index is 9.76. The van der Waals surface area contributed by atoms with E-state index in [0.717, 1.165) is 11.3 Å². The van der Waals surface area contributed by atoms with Gasteiger partial charge in [-0.1, -0.05) is 5.16 Å². The Hall–Kier alpha value is -1.32. The second-order valence-corrected chi connectivity index (χ2v) is 2.12. The molecule has 4 nitrogen and oxygen atoms in total. The van der Waals surface area contributed by atoms with Gasteiger partial charge in [0, 0.05) is 12.0 Å². The highest BCUT2D eigenvalue weighted by Crippen LogP contribution is 2.05. The van der Waals surface area contributed by atoms with Gasteiger partial charge < -0.3 is 9.26 Å². The van der Waals surface area contributed by atoms with Gasteiger partial charge in [-0.15, -0.1) is 0 Å². The predicted octanol–water partition coefficient (Wildman–Crippen LogP) is 0.699. The summed E-state index contributed by atoms with van der Waals surface area (Å²) in [7, 11) is 0. The van der Waals surface area contributed by atoms with Gasteiger partial charge in [-0.25, -0.2) is 0 Å². The zero-order valence-electron chi connectivity index (χ0n) is 6.24. The zero-order valence-corrected chi connectivity index (χ0v) is 6.24. The van der Waals surface area contributed by atoms with Crippen molar-refractivity contribution in [3.05, 3.63) is 17.5 Å². The molecule has 1 heterocycles. The van der Waals surface area contributed by atoms with Gasteiger partial charge in [0.05, 0.1) is 12.8 Å². The fourth-order valence-corrected chi connectivity index (χ4v) is 0.776. The van der Waals surface area contributed by atoms with Crippen LogP contribution in [0.2, 0.25) is 0 Å². The molecule has 0 unspecified atom stereocenters. The highest BCUT2D eigenvalue weighted by Gasteiger charge is 2.01. The largest absolute Gasteiger partial charge is 0.468 e. The summed E-state index contributed by atoms with van der Waals surface area (Å²) >= 11 is 0. The second kappa shape index (κ2) is 3.75. The van der Waals surface area contributed by atoms with Crippen molar-refractivity contribution < 1.29 is 14.1 Å². The number of hydrogen-bond donors (Lipinski definition) is 0. The lowest BCUT2D eigenvalue weighted by atomic mass is 10.2. The molecule has 4 heteroatoms. The number of hydrogen-bond acceptors (Lipinski definition) is 4. The smallest absolute Gasteiger partial charge is 0.293 e. The van der Waals surface area contributed by atoms with E-state index < -0.39 is 0 Å². The molecular formula is C7H9NO3. The third-order valence-corrected chi connectivity index (χ3v) is 1.41. The molecule has 0 radical (unpaired) electrons. The van der Waals surface area contributed by atoms with Crippen LogP contribution in [-0.2, 0) is 16.0 Å². The van der Waals surface area contributed by atoms with E-state index in [2.05, 4.69) is 9.89 Å². The lowest BCUT2D eigenvalue weighted by molar-refractivity contribution is -0.128. The van der Waals surface area contributed by atoms with Crippen LogP contribution < -0.4 is 0 Å². The van der Waals surface area contributed by atoms with Gasteiger partial charge in [0.2, 0.25) is 0 Å². The first kappa shape index (κ1) is 7.78. The van der Waals surface area contributed by atoms with Gasteiger partial charge in [0.15, 0.2) is 0 Å². The third-order valence-electron chi connectivity index (χ3n) is 1.41. The van der Waals surface area contributed by atoms with Crippen LogP contribution in [0.15, 0.2) is 10.7 Å². The maximum Gasteiger partial charge on any atom is 0.293 e. The number of nitrogens with zero attached hydrogens (tertiary/aromatic N) is 1. The van der Waals surface area contributed by atoms with Crippen LogP contribution in [0.25, 0.3) is 0 Å². The van der Waals surface area contributed by atoms with Crippen molar-refractivity contribution in [3.8, 4) is 0 Å². The number of aryl methyl sites for hydroxylation is 1. The Morgan fingerprint density at radius 1 is 1.82 bits per heavy atom. The minimum Gasteiger partial charge on any atom is -0.468 e. The van der Waals surface area contributed by atoms with E-state index in [1.807, 2.05) is 6.92 Å². The molecule has 0 N–H and O–H groups in total. The molecule has 0 fully saturated rings. The van der Waals surface area contributed by atoms with Gasteiger partial charge in [-0.05, 0) is 6.92 Å². The summed E-state index contributed by atoms with van der Waals surface area (Å²) < 4.78 is 9.31. The topological polar surface area (TPSA) is 52.3 Å². The Morgan fingerprint density at radius 2 is 2.64 bits per heavy atom. The van der Waals surface area contributed by atoms with E-state index in [-0.39, 0.29) is 0 Å². The molecule has 0 aliphatic carbocycles. The van der Waals surface area contributed by atoms with Gasteiger partial charge in [0.25, 0.3) is 6.47 Å². The van der Waals surface area contributed by atoms with Gasteiger partial charge in [0.1, 0.15) is 5.76 Å². The normalized spacial score (nSPS) is 9.55. The first-order valence-corrected chi connectivity index (χ1v) is 3.30. The molecule has 0 aliphatic rings. The maximum atomic E-state index is 9.76. The quantitative estimate of drug-likeness (QED) is 0.474. The van der Waals surface area contributed by atoms with Crippen molar-refractivity contribution in [2.75, 3.05) is 6.61 Å². The highest BCUT2D eigenvalue weighted by molar-refractivity contribution is 5.36. The Labute approximate surface area is 64.1 Å². The van der Waals surface area contributed by atoms with Gasteiger partial charge in [-0.3, -0.25) is 4.79 Å². The first-order chi connectivity index (χ1) is 5.34. The molecule has 1 aromatic heterocycles. The Balaban J connectivity index is 2.38. The lowest BCUT2D eigenvalue weighted by Gasteiger charge is -1.94. The van der Waals surface area contributed by atoms with E-state index in [1.165, 1.54) is 0 Å². The van der Waals surface area contributed by atoms with Crippen molar-refractivity contribution in [1.82, 2.24) is 5.16 Å². The Bertz CT molecular complexity index is 231. The van der Waals surface area contributed by atoms with Crippen molar-refractivity contribution in [2.45, 2.75) is 13.3 Å². The fraction of sp³-hybridized carbons (Fsp3) is 0.429. The molecule has 0 saturated heterocycles. The van der Waals surface area contributed by atoms with Crippen LogP contribution in [0, 0.1) is 6.92 Å². The number of ether oxygens (including phenoxy) is 1. The predicted molar refractivity (Wildman–Crippen MR) is 37.0 cm³/mol. The Kier molecular flexibility index (Phi) is 2.66. The van der Waals surface area contributed by atoms with Crippen molar-refractivity contribution in [2.24, 2.45) is 0 Å². The zero-order chi connectivity index (χ0) is 8.10. The van der Waals surface area contributed by atoms with Gasteiger partial charge in [-0.2, -0.15) is 0 Å². The molecule has 1 rings (SSSR count). The second-order valence-electron chi connectivity index (χ2n) is 2.12. The molecule has 0 spiro atoms. The molecule has 11 heavy (non-hydrogen) atoms. The van der Waals surface area contributed by atoms with Crippen LogP contribution >= 0.6 is 0 Å². The molecule has 1 aromatic rings. The average molecular weight is 155 g/mol. The molecule has 0 aromatic carbocycles. The molecule has 0 bridgehead atoms. The molecule has 60 valence electrons. The molecule has 0 atom stereocenters. The summed E-state index contributed by atoms with van der Waals surface area (Å²) in [5, 5.41) is 3.58. The Morgan fingerprint density at radius 3 is 3.18 bits per heavy atom. The molecule has 0 saturated carbocycles. The monoisotopic (exact) mass is 155 g/mol. The number of carbonyl (C=O) groups excluding carboxylic acids is 1. The fourth-order valence-electron chi connectivity index (χ4n) is 0.776. The summed E-state index contributed by atoms with van der Waals surface area (Å²) in [5.74, 6) is 0.777. The summed E-state index contributed by atoms with van der Waals surface area (Å²) in [4.78, 5) is 9.76. The van der Waals surface area contributed by atoms with E-state index in [4.69, 9.17) is 4.52 Å². The summed E-state index contributed by atoms with van der Waals surface area (Å²) in [6.45, 7) is 2.64. The molecule has 0 aliphatic heterocycles. The van der Waals surface area contributed by atoms with Crippen molar-refractivity contribution in [3.63, 3.8) is 0 Å². The highest BCUT2D eigenvalue weighted by atomic mass is 16.5. The van der Waals surface area contributed by atoms with E-state index in [1.54, 1.807) is 6.20 Å². The van der Waals surface area contributed by atoms with Crippen LogP contribution in [0.3, 0.4) is 0 Å². The minimum atomic E-state index is 0.381. The first-order valence-electron chi connectivity index (χ1n) is 3.30. The minimum absolute atomic E-state index is 0.381. The standard InChI is InChI=1S/C7H9NO3/c1-6-7(4-8-11-6)2-3-10-5-9/h4-5H,2-3H2,1H3. The van der Waals surface area contributed by atoms with Crippen LogP contribution in [0.4, 0.5) is 0 Å². The lowest BCUT2D eigenvalue weighted by Crippen LogP contribution is -1.96. The summed E-state index contributed by atoms with van der Waals surface area (Å²) in [6.07, 6.45) is 2.29. The van der Waals surface area contributed by atoms with Crippen LogP contribution in [-0.4, -0.2) is 18.2 Å². The number of rotatable bonds is 4. The number of aromatic nitrogens is 1. The van der Waals surface area contributed by atoms with Crippen molar-refractivity contribution >= 4 is 6.47 Å². The van der Waals surface area contributed by atoms with Crippen LogP contribution in [0.5, 0.6) is 0 Å². The van der Waals surface area contributed by atoms with E-state index >= 15 is 0 Å². The average Bonchev–Trinajstić information content (AvgIpc) is 2.37. The number of carbonyl (C=O) groups is 1. The third kappa shape index (κ3) is 2.07. The SMILES string of the molecule is Cc1oncc1CCOC=O. The summed E-state index contributed by atoms with van der Waals surface area (Å²) in [5.41, 5.74) is 0.979. The molecular weight excluding hydrogens is 146 g/mol. The molecule has 0 amide bonds.